The van der Waals surface area contributed by atoms with Gasteiger partial charge in [-0.25, -0.2) is 0 Å². The van der Waals surface area contributed by atoms with Gasteiger partial charge in [0.2, 0.25) is 0 Å². The zero-order valence-corrected chi connectivity index (χ0v) is 8.59. The van der Waals surface area contributed by atoms with Crippen LogP contribution in [0.1, 0.15) is 18.4 Å². The number of aliphatic carboxylic acids is 2. The number of hydrogen-bond donors (Lipinski definition) is 2. The molecule has 0 aromatic heterocycles. The molecule has 0 saturated heterocycles. The van der Waals surface area contributed by atoms with Gasteiger partial charge in [-0.2, -0.15) is 0 Å². The van der Waals surface area contributed by atoms with Crippen molar-refractivity contribution >= 4 is 17.5 Å². The topological polar surface area (TPSA) is 74.6 Å². The molecule has 0 unspecified atom stereocenters. The van der Waals surface area contributed by atoms with Crippen LogP contribution in [0.25, 0.3) is 5.57 Å². The molecule has 0 heterocycles. The minimum atomic E-state index is -0.973. The first-order valence-corrected chi connectivity index (χ1v) is 4.77. The summed E-state index contributed by atoms with van der Waals surface area (Å²) in [6.45, 7) is 0. The first-order chi connectivity index (χ1) is 7.59. The summed E-state index contributed by atoms with van der Waals surface area (Å²) >= 11 is 0. The van der Waals surface area contributed by atoms with Crippen LogP contribution >= 0.6 is 0 Å². The van der Waals surface area contributed by atoms with E-state index in [4.69, 9.17) is 10.2 Å². The molecule has 16 heavy (non-hydrogen) atoms. The van der Waals surface area contributed by atoms with E-state index < -0.39 is 11.9 Å². The minimum Gasteiger partial charge on any atom is -0.481 e. The van der Waals surface area contributed by atoms with E-state index in [2.05, 4.69) is 0 Å². The van der Waals surface area contributed by atoms with Crippen molar-refractivity contribution in [3.05, 3.63) is 42.0 Å². The van der Waals surface area contributed by atoms with Gasteiger partial charge in [-0.1, -0.05) is 36.4 Å². The van der Waals surface area contributed by atoms with Gasteiger partial charge in [0.15, 0.2) is 0 Å². The van der Waals surface area contributed by atoms with E-state index in [9.17, 15) is 9.59 Å². The van der Waals surface area contributed by atoms with E-state index in [1.807, 2.05) is 6.07 Å². The molecule has 0 atom stereocenters. The highest BCUT2D eigenvalue weighted by Crippen LogP contribution is 2.18. The second kappa shape index (κ2) is 5.70. The summed E-state index contributed by atoms with van der Waals surface area (Å²) in [6.07, 6.45) is 1.10. The maximum absolute atomic E-state index is 10.6. The van der Waals surface area contributed by atoms with Crippen LogP contribution in [0.5, 0.6) is 0 Å². The predicted molar refractivity (Wildman–Crippen MR) is 58.9 cm³/mol. The zero-order chi connectivity index (χ0) is 12.0. The average molecular weight is 220 g/mol. The van der Waals surface area contributed by atoms with E-state index in [0.29, 0.717) is 5.57 Å². The van der Waals surface area contributed by atoms with E-state index in [-0.39, 0.29) is 12.8 Å². The Morgan fingerprint density at radius 3 is 2.19 bits per heavy atom. The van der Waals surface area contributed by atoms with Crippen molar-refractivity contribution in [1.29, 1.82) is 0 Å². The van der Waals surface area contributed by atoms with E-state index in [1.54, 1.807) is 24.3 Å². The molecule has 0 saturated carbocycles. The van der Waals surface area contributed by atoms with Crippen molar-refractivity contribution < 1.29 is 19.8 Å². The average Bonchev–Trinajstić information content (AvgIpc) is 2.25. The number of benzene rings is 1. The van der Waals surface area contributed by atoms with Crippen LogP contribution < -0.4 is 0 Å². The molecule has 4 nitrogen and oxygen atoms in total. The summed E-state index contributed by atoms with van der Waals surface area (Å²) in [6, 6.07) is 8.91. The Labute approximate surface area is 92.8 Å². The lowest BCUT2D eigenvalue weighted by molar-refractivity contribution is -0.137. The third-order valence-corrected chi connectivity index (χ3v) is 2.01. The fourth-order valence-electron chi connectivity index (χ4n) is 1.32. The second-order valence-corrected chi connectivity index (χ2v) is 3.26. The summed E-state index contributed by atoms with van der Waals surface area (Å²) in [5, 5.41) is 17.3. The fraction of sp³-hybridized carbons (Fsp3) is 0.167. The van der Waals surface area contributed by atoms with Gasteiger partial charge in [-0.15, -0.1) is 0 Å². The van der Waals surface area contributed by atoms with Crippen LogP contribution in [-0.2, 0) is 9.59 Å². The Hall–Kier alpha value is -2.10. The van der Waals surface area contributed by atoms with Crippen LogP contribution in [0.2, 0.25) is 0 Å². The molecule has 0 aliphatic heterocycles. The molecule has 0 aliphatic rings. The second-order valence-electron chi connectivity index (χ2n) is 3.26. The van der Waals surface area contributed by atoms with Gasteiger partial charge in [0.05, 0.1) is 12.8 Å². The summed E-state index contributed by atoms with van der Waals surface area (Å²) in [4.78, 5) is 21.1. The molecule has 0 amide bonds. The van der Waals surface area contributed by atoms with Crippen LogP contribution in [0.15, 0.2) is 36.4 Å². The van der Waals surface area contributed by atoms with Crippen molar-refractivity contribution in [3.63, 3.8) is 0 Å². The molecule has 0 aliphatic carbocycles. The third kappa shape index (κ3) is 3.96. The Bertz CT molecular complexity index is 406. The van der Waals surface area contributed by atoms with Gasteiger partial charge in [0.25, 0.3) is 0 Å². The van der Waals surface area contributed by atoms with Crippen LogP contribution in [-0.4, -0.2) is 22.2 Å². The van der Waals surface area contributed by atoms with Crippen LogP contribution in [0.4, 0.5) is 0 Å². The SMILES string of the molecule is O=C(O)C/C=C(/CC(=O)O)c1ccccc1. The van der Waals surface area contributed by atoms with Crippen molar-refractivity contribution in [3.8, 4) is 0 Å². The molecule has 0 radical (unpaired) electrons. The molecular weight excluding hydrogens is 208 g/mol. The number of rotatable bonds is 5. The Balaban J connectivity index is 2.91. The summed E-state index contributed by atoms with van der Waals surface area (Å²) in [5.74, 6) is -1.95. The molecule has 84 valence electrons. The Morgan fingerprint density at radius 1 is 1.06 bits per heavy atom. The molecule has 1 aromatic rings. The van der Waals surface area contributed by atoms with E-state index in [1.165, 1.54) is 6.08 Å². The first-order valence-electron chi connectivity index (χ1n) is 4.77. The van der Waals surface area contributed by atoms with E-state index in [0.717, 1.165) is 5.56 Å². The number of carbonyl (C=O) groups is 2. The maximum atomic E-state index is 10.6. The summed E-state index contributed by atoms with van der Waals surface area (Å²) in [7, 11) is 0. The monoisotopic (exact) mass is 220 g/mol. The van der Waals surface area contributed by atoms with Gasteiger partial charge in [-0.05, 0) is 11.1 Å². The molecule has 0 spiro atoms. The highest BCUT2D eigenvalue weighted by atomic mass is 16.4. The van der Waals surface area contributed by atoms with Gasteiger partial charge >= 0.3 is 11.9 Å². The maximum Gasteiger partial charge on any atom is 0.307 e. The van der Waals surface area contributed by atoms with Crippen LogP contribution in [0.3, 0.4) is 0 Å². The highest BCUT2D eigenvalue weighted by molar-refractivity contribution is 5.85. The Kier molecular flexibility index (Phi) is 4.27. The van der Waals surface area contributed by atoms with Gasteiger partial charge < -0.3 is 10.2 Å². The predicted octanol–water partition coefficient (Wildman–Crippen LogP) is 2.02. The largest absolute Gasteiger partial charge is 0.481 e. The highest BCUT2D eigenvalue weighted by Gasteiger charge is 2.07. The first kappa shape index (κ1) is 12.0. The summed E-state index contributed by atoms with van der Waals surface area (Å²) in [5.41, 5.74) is 1.27. The molecular formula is C12H12O4. The van der Waals surface area contributed by atoms with Crippen LogP contribution in [0, 0.1) is 0 Å². The Morgan fingerprint density at radius 2 is 1.69 bits per heavy atom. The fourth-order valence-corrected chi connectivity index (χ4v) is 1.32. The lowest BCUT2D eigenvalue weighted by atomic mass is 10.0. The molecule has 1 rings (SSSR count). The summed E-state index contributed by atoms with van der Waals surface area (Å²) < 4.78 is 0. The van der Waals surface area contributed by atoms with Crippen molar-refractivity contribution in [2.24, 2.45) is 0 Å². The molecule has 2 N–H and O–H groups in total. The normalized spacial score (nSPS) is 11.1. The lowest BCUT2D eigenvalue weighted by Crippen LogP contribution is -1.99. The molecule has 4 heteroatoms. The van der Waals surface area contributed by atoms with Gasteiger partial charge in [0, 0.05) is 0 Å². The zero-order valence-electron chi connectivity index (χ0n) is 8.59. The molecule has 0 bridgehead atoms. The van der Waals surface area contributed by atoms with Crippen molar-refractivity contribution in [2.45, 2.75) is 12.8 Å². The van der Waals surface area contributed by atoms with Crippen molar-refractivity contribution in [2.75, 3.05) is 0 Å². The van der Waals surface area contributed by atoms with Gasteiger partial charge in [-0.3, -0.25) is 9.59 Å². The minimum absolute atomic E-state index is 0.169. The number of carboxylic acid groups (broad SMARTS) is 2. The standard InChI is InChI=1S/C12H12O4/c13-11(14)7-6-10(8-12(15)16)9-4-2-1-3-5-9/h1-6H,7-8H2,(H,13,14)(H,15,16)/b10-6-. The van der Waals surface area contributed by atoms with Crippen molar-refractivity contribution in [1.82, 2.24) is 0 Å². The van der Waals surface area contributed by atoms with Gasteiger partial charge in [0.1, 0.15) is 0 Å². The molecule has 0 fully saturated rings. The molecule has 1 aromatic carbocycles. The number of hydrogen-bond acceptors (Lipinski definition) is 2. The quantitative estimate of drug-likeness (QED) is 0.796. The third-order valence-electron chi connectivity index (χ3n) is 2.01. The lowest BCUT2D eigenvalue weighted by Gasteiger charge is -2.04. The smallest absolute Gasteiger partial charge is 0.307 e. The van der Waals surface area contributed by atoms with E-state index >= 15 is 0 Å². The number of carboxylic acids is 2.